The van der Waals surface area contributed by atoms with E-state index in [2.05, 4.69) is 10.6 Å². The van der Waals surface area contributed by atoms with Crippen molar-refractivity contribution in [3.8, 4) is 11.3 Å². The van der Waals surface area contributed by atoms with E-state index in [0.717, 1.165) is 5.56 Å². The van der Waals surface area contributed by atoms with Crippen LogP contribution in [0.5, 0.6) is 0 Å². The Morgan fingerprint density at radius 1 is 0.970 bits per heavy atom. The molecule has 2 aromatic carbocycles. The SMILES string of the molecule is Cc1cc(NC(=O)C=Cc2ccc(-c3cccc(Cl)c3Cl)o2)ccc1NC(=O)c1ccco1. The van der Waals surface area contributed by atoms with Crippen molar-refractivity contribution >= 4 is 52.5 Å². The average Bonchev–Trinajstić information content (AvgIpc) is 3.48. The van der Waals surface area contributed by atoms with Gasteiger partial charge in [0.05, 0.1) is 16.3 Å². The quantitative estimate of drug-likeness (QED) is 0.289. The highest BCUT2D eigenvalue weighted by atomic mass is 35.5. The Morgan fingerprint density at radius 3 is 2.58 bits per heavy atom. The number of hydrogen-bond donors (Lipinski definition) is 2. The molecule has 0 radical (unpaired) electrons. The lowest BCUT2D eigenvalue weighted by molar-refractivity contribution is -0.111. The summed E-state index contributed by atoms with van der Waals surface area (Å²) < 4.78 is 10.8. The van der Waals surface area contributed by atoms with Gasteiger partial charge in [-0.15, -0.1) is 0 Å². The smallest absolute Gasteiger partial charge is 0.291 e. The van der Waals surface area contributed by atoms with Gasteiger partial charge in [-0.05, 0) is 73.2 Å². The number of hydrogen-bond acceptors (Lipinski definition) is 4. The van der Waals surface area contributed by atoms with Crippen LogP contribution in [0.25, 0.3) is 17.4 Å². The van der Waals surface area contributed by atoms with Crippen LogP contribution in [-0.2, 0) is 4.79 Å². The van der Waals surface area contributed by atoms with Crippen LogP contribution in [0.3, 0.4) is 0 Å². The Kier molecular flexibility index (Phi) is 6.68. The monoisotopic (exact) mass is 480 g/mol. The number of benzene rings is 2. The van der Waals surface area contributed by atoms with Crippen molar-refractivity contribution in [1.29, 1.82) is 0 Å². The number of rotatable bonds is 6. The summed E-state index contributed by atoms with van der Waals surface area (Å²) in [7, 11) is 0. The highest BCUT2D eigenvalue weighted by molar-refractivity contribution is 6.43. The Bertz CT molecular complexity index is 1340. The Balaban J connectivity index is 1.39. The van der Waals surface area contributed by atoms with Crippen LogP contribution in [0.15, 0.2) is 81.8 Å². The van der Waals surface area contributed by atoms with Crippen molar-refractivity contribution in [2.75, 3.05) is 10.6 Å². The molecule has 33 heavy (non-hydrogen) atoms. The first-order valence-corrected chi connectivity index (χ1v) is 10.6. The summed E-state index contributed by atoms with van der Waals surface area (Å²) in [6.45, 7) is 1.83. The fraction of sp³-hybridized carbons (Fsp3) is 0.0400. The van der Waals surface area contributed by atoms with Crippen molar-refractivity contribution in [2.24, 2.45) is 0 Å². The van der Waals surface area contributed by atoms with Crippen molar-refractivity contribution in [1.82, 2.24) is 0 Å². The van der Waals surface area contributed by atoms with Crippen molar-refractivity contribution in [2.45, 2.75) is 6.92 Å². The number of nitrogens with one attached hydrogen (secondary N) is 2. The molecule has 0 fully saturated rings. The first-order chi connectivity index (χ1) is 15.9. The summed E-state index contributed by atoms with van der Waals surface area (Å²) >= 11 is 12.3. The number of furan rings is 2. The fourth-order valence-corrected chi connectivity index (χ4v) is 3.49. The van der Waals surface area contributed by atoms with Crippen LogP contribution in [-0.4, -0.2) is 11.8 Å². The summed E-state index contributed by atoms with van der Waals surface area (Å²) in [5.41, 5.74) is 2.66. The van der Waals surface area contributed by atoms with Gasteiger partial charge >= 0.3 is 0 Å². The van der Waals surface area contributed by atoms with Crippen LogP contribution < -0.4 is 10.6 Å². The number of anilines is 2. The molecule has 0 spiro atoms. The van der Waals surface area contributed by atoms with Gasteiger partial charge in [-0.2, -0.15) is 0 Å². The number of carbonyl (C=O) groups is 2. The topological polar surface area (TPSA) is 84.5 Å². The summed E-state index contributed by atoms with van der Waals surface area (Å²) in [5, 5.41) is 6.39. The highest BCUT2D eigenvalue weighted by Gasteiger charge is 2.12. The van der Waals surface area contributed by atoms with Crippen molar-refractivity contribution < 1.29 is 18.4 Å². The minimum atomic E-state index is -0.348. The van der Waals surface area contributed by atoms with E-state index < -0.39 is 0 Å². The third kappa shape index (κ3) is 5.37. The zero-order chi connectivity index (χ0) is 23.4. The van der Waals surface area contributed by atoms with E-state index in [-0.39, 0.29) is 17.6 Å². The van der Waals surface area contributed by atoms with Gasteiger partial charge in [-0.3, -0.25) is 9.59 Å². The summed E-state index contributed by atoms with van der Waals surface area (Å²) in [4.78, 5) is 24.5. The minimum absolute atomic E-state index is 0.218. The predicted molar refractivity (Wildman–Crippen MR) is 130 cm³/mol. The van der Waals surface area contributed by atoms with Gasteiger partial charge in [-0.25, -0.2) is 0 Å². The molecule has 0 aliphatic carbocycles. The lowest BCUT2D eigenvalue weighted by Gasteiger charge is -2.09. The number of aryl methyl sites for hydroxylation is 1. The van der Waals surface area contributed by atoms with Crippen LogP contribution in [0.4, 0.5) is 11.4 Å². The molecule has 2 N–H and O–H groups in total. The van der Waals surface area contributed by atoms with Gasteiger partial charge in [0.25, 0.3) is 5.91 Å². The minimum Gasteiger partial charge on any atom is -0.459 e. The molecular formula is C25H18Cl2N2O4. The van der Waals surface area contributed by atoms with E-state index in [0.29, 0.717) is 38.5 Å². The molecule has 4 rings (SSSR count). The lowest BCUT2D eigenvalue weighted by Crippen LogP contribution is -2.12. The Hall–Kier alpha value is -3.74. The molecule has 0 aliphatic heterocycles. The largest absolute Gasteiger partial charge is 0.459 e. The lowest BCUT2D eigenvalue weighted by atomic mass is 10.1. The van der Waals surface area contributed by atoms with E-state index in [9.17, 15) is 9.59 Å². The molecule has 2 heterocycles. The summed E-state index contributed by atoms with van der Waals surface area (Å²) in [6.07, 6.45) is 4.36. The zero-order valence-electron chi connectivity index (χ0n) is 17.4. The van der Waals surface area contributed by atoms with Crippen LogP contribution in [0.1, 0.15) is 21.9 Å². The van der Waals surface area contributed by atoms with Crippen LogP contribution >= 0.6 is 23.2 Å². The molecule has 8 heteroatoms. The van der Waals surface area contributed by atoms with E-state index in [1.807, 2.05) is 6.92 Å². The second kappa shape index (κ2) is 9.81. The van der Waals surface area contributed by atoms with Crippen LogP contribution in [0, 0.1) is 6.92 Å². The molecule has 0 saturated heterocycles. The third-order valence-electron chi connectivity index (χ3n) is 4.73. The van der Waals surface area contributed by atoms with Gasteiger partial charge in [0.1, 0.15) is 11.5 Å². The second-order valence-electron chi connectivity index (χ2n) is 7.09. The Morgan fingerprint density at radius 2 is 1.82 bits per heavy atom. The molecule has 0 bridgehead atoms. The summed E-state index contributed by atoms with van der Waals surface area (Å²) in [6, 6.07) is 17.2. The first kappa shape index (κ1) is 22.5. The maximum atomic E-state index is 12.3. The van der Waals surface area contributed by atoms with E-state index in [1.165, 1.54) is 12.3 Å². The van der Waals surface area contributed by atoms with Crippen molar-refractivity contribution in [3.05, 3.63) is 100 Å². The average molecular weight is 481 g/mol. The maximum Gasteiger partial charge on any atom is 0.291 e. The normalized spacial score (nSPS) is 11.0. The first-order valence-electron chi connectivity index (χ1n) is 9.89. The molecule has 0 unspecified atom stereocenters. The molecule has 0 aliphatic rings. The highest BCUT2D eigenvalue weighted by Crippen LogP contribution is 2.34. The van der Waals surface area contributed by atoms with E-state index in [4.69, 9.17) is 32.0 Å². The van der Waals surface area contributed by atoms with Crippen molar-refractivity contribution in [3.63, 3.8) is 0 Å². The summed E-state index contributed by atoms with van der Waals surface area (Å²) in [5.74, 6) is 0.574. The maximum absolute atomic E-state index is 12.3. The number of amides is 2. The van der Waals surface area contributed by atoms with Crippen LogP contribution in [0.2, 0.25) is 10.0 Å². The molecular weight excluding hydrogens is 463 g/mol. The fourth-order valence-electron chi connectivity index (χ4n) is 3.10. The van der Waals surface area contributed by atoms with Gasteiger partial charge < -0.3 is 19.5 Å². The number of carbonyl (C=O) groups excluding carboxylic acids is 2. The molecule has 2 amide bonds. The molecule has 2 aromatic heterocycles. The predicted octanol–water partition coefficient (Wildman–Crippen LogP) is 7.06. The second-order valence-corrected chi connectivity index (χ2v) is 7.87. The molecule has 6 nitrogen and oxygen atoms in total. The van der Waals surface area contributed by atoms with Gasteiger partial charge in [0, 0.05) is 23.0 Å². The standard InChI is InChI=1S/C25H18Cl2N2O4/c1-15-14-16(7-10-20(15)29-25(31)22-6-3-13-32-22)28-23(30)12-9-17-8-11-21(33-17)18-4-2-5-19(26)24(18)27/h2-14H,1H3,(H,28,30)(H,29,31). The Labute approximate surface area is 199 Å². The van der Waals surface area contributed by atoms with E-state index in [1.54, 1.807) is 66.7 Å². The van der Waals surface area contributed by atoms with Gasteiger partial charge in [-0.1, -0.05) is 29.3 Å². The molecule has 0 atom stereocenters. The van der Waals surface area contributed by atoms with Gasteiger partial charge in [0.2, 0.25) is 5.91 Å². The van der Waals surface area contributed by atoms with E-state index >= 15 is 0 Å². The third-order valence-corrected chi connectivity index (χ3v) is 5.55. The molecule has 166 valence electrons. The zero-order valence-corrected chi connectivity index (χ0v) is 18.9. The van der Waals surface area contributed by atoms with Gasteiger partial charge in [0.15, 0.2) is 5.76 Å². The molecule has 0 saturated carbocycles. The number of halogens is 2. The molecule has 4 aromatic rings.